The van der Waals surface area contributed by atoms with E-state index >= 15 is 0 Å². The molecule has 0 aliphatic heterocycles. The van der Waals surface area contributed by atoms with Crippen LogP contribution in [-0.4, -0.2) is 38.8 Å². The number of benzene rings is 2. The van der Waals surface area contributed by atoms with Crippen molar-refractivity contribution in [2.24, 2.45) is 5.16 Å². The summed E-state index contributed by atoms with van der Waals surface area (Å²) in [6.45, 7) is 4.15. The van der Waals surface area contributed by atoms with Crippen LogP contribution in [0.1, 0.15) is 25.0 Å². The van der Waals surface area contributed by atoms with Gasteiger partial charge in [-0.25, -0.2) is 4.79 Å². The number of methoxy groups -OCH3 is 2. The number of nitrogens with zero attached hydrogens (tertiary/aromatic N) is 1. The maximum absolute atomic E-state index is 11.4. The average molecular weight is 413 g/mol. The van der Waals surface area contributed by atoms with Crippen molar-refractivity contribution in [3.8, 4) is 5.75 Å². The summed E-state index contributed by atoms with van der Waals surface area (Å²) in [6, 6.07) is 17.3. The Morgan fingerprint density at radius 1 is 1.07 bits per heavy atom. The number of hydrogen-bond donors (Lipinski definition) is 0. The van der Waals surface area contributed by atoms with Gasteiger partial charge < -0.3 is 23.8 Å². The molecule has 0 aromatic heterocycles. The maximum atomic E-state index is 11.4. The van der Waals surface area contributed by atoms with Gasteiger partial charge in [0.05, 0.1) is 32.6 Å². The third-order valence-electron chi connectivity index (χ3n) is 4.12. The zero-order valence-electron chi connectivity index (χ0n) is 17.7. The standard InChI is InChI=1S/C23H27NO6/c1-17(24-30-18(2)22(26-3)14-23(25)27-4)20-11-8-12-21(13-20)29-16-28-15-19-9-6-5-7-10-19/h5-14,18H,15-16H2,1-4H3/b22-14+,24-17+. The summed E-state index contributed by atoms with van der Waals surface area (Å²) in [5, 5.41) is 4.13. The molecule has 0 fully saturated rings. The van der Waals surface area contributed by atoms with Crippen LogP contribution in [0.3, 0.4) is 0 Å². The molecule has 160 valence electrons. The Morgan fingerprint density at radius 3 is 2.53 bits per heavy atom. The minimum atomic E-state index is -0.560. The Hall–Kier alpha value is -3.32. The van der Waals surface area contributed by atoms with Crippen molar-refractivity contribution in [1.82, 2.24) is 0 Å². The van der Waals surface area contributed by atoms with Crippen LogP contribution in [0.15, 0.2) is 71.6 Å². The van der Waals surface area contributed by atoms with E-state index in [9.17, 15) is 4.79 Å². The maximum Gasteiger partial charge on any atom is 0.334 e. The van der Waals surface area contributed by atoms with Crippen molar-refractivity contribution in [3.05, 3.63) is 77.6 Å². The van der Waals surface area contributed by atoms with E-state index in [1.807, 2.05) is 61.5 Å². The zero-order chi connectivity index (χ0) is 21.8. The predicted molar refractivity (Wildman–Crippen MR) is 113 cm³/mol. The predicted octanol–water partition coefficient (Wildman–Crippen LogP) is 4.07. The second kappa shape index (κ2) is 12.3. The van der Waals surface area contributed by atoms with Crippen molar-refractivity contribution in [2.75, 3.05) is 21.0 Å². The molecule has 1 unspecified atom stereocenters. The van der Waals surface area contributed by atoms with E-state index in [0.717, 1.165) is 11.1 Å². The van der Waals surface area contributed by atoms with E-state index in [1.54, 1.807) is 6.92 Å². The lowest BCUT2D eigenvalue weighted by Crippen LogP contribution is -2.13. The van der Waals surface area contributed by atoms with Crippen molar-refractivity contribution in [2.45, 2.75) is 26.6 Å². The summed E-state index contributed by atoms with van der Waals surface area (Å²) in [4.78, 5) is 16.8. The number of esters is 1. The van der Waals surface area contributed by atoms with E-state index in [-0.39, 0.29) is 6.79 Å². The summed E-state index contributed by atoms with van der Waals surface area (Å²) in [6.07, 6.45) is 0.661. The summed E-state index contributed by atoms with van der Waals surface area (Å²) in [5.74, 6) is 0.444. The largest absolute Gasteiger partial charge is 0.497 e. The van der Waals surface area contributed by atoms with Gasteiger partial charge in [-0.2, -0.15) is 0 Å². The van der Waals surface area contributed by atoms with E-state index in [2.05, 4.69) is 9.89 Å². The van der Waals surface area contributed by atoms with Crippen LogP contribution < -0.4 is 4.74 Å². The second-order valence-electron chi connectivity index (χ2n) is 6.32. The molecule has 7 nitrogen and oxygen atoms in total. The lowest BCUT2D eigenvalue weighted by molar-refractivity contribution is -0.135. The fourth-order valence-corrected chi connectivity index (χ4v) is 2.43. The van der Waals surface area contributed by atoms with E-state index in [4.69, 9.17) is 19.0 Å². The van der Waals surface area contributed by atoms with Crippen molar-refractivity contribution >= 4 is 11.7 Å². The molecule has 0 heterocycles. The smallest absolute Gasteiger partial charge is 0.334 e. The topological polar surface area (TPSA) is 75.6 Å². The first-order valence-corrected chi connectivity index (χ1v) is 9.42. The molecule has 2 rings (SSSR count). The minimum Gasteiger partial charge on any atom is -0.497 e. The molecule has 7 heteroatoms. The number of carbonyl (C=O) groups is 1. The van der Waals surface area contributed by atoms with Crippen molar-refractivity contribution < 1.29 is 28.6 Å². The monoisotopic (exact) mass is 413 g/mol. The van der Waals surface area contributed by atoms with Gasteiger partial charge in [0.15, 0.2) is 12.9 Å². The van der Waals surface area contributed by atoms with Gasteiger partial charge in [-0.3, -0.25) is 0 Å². The van der Waals surface area contributed by atoms with E-state index in [1.165, 1.54) is 20.3 Å². The van der Waals surface area contributed by atoms with Crippen molar-refractivity contribution in [3.63, 3.8) is 0 Å². The molecular formula is C23H27NO6. The molecule has 30 heavy (non-hydrogen) atoms. The lowest BCUT2D eigenvalue weighted by atomic mass is 10.1. The molecule has 0 N–H and O–H groups in total. The van der Waals surface area contributed by atoms with E-state index in [0.29, 0.717) is 23.8 Å². The van der Waals surface area contributed by atoms with Gasteiger partial charge in [-0.15, -0.1) is 0 Å². The molecule has 0 aliphatic carbocycles. The quantitative estimate of drug-likeness (QED) is 0.105. The van der Waals surface area contributed by atoms with E-state index < -0.39 is 12.1 Å². The fourth-order valence-electron chi connectivity index (χ4n) is 2.43. The minimum absolute atomic E-state index is 0.137. The highest BCUT2D eigenvalue weighted by Crippen LogP contribution is 2.16. The Bertz CT molecular complexity index is 863. The zero-order valence-corrected chi connectivity index (χ0v) is 17.7. The normalized spacial score (nSPS) is 12.8. The van der Waals surface area contributed by atoms with Crippen LogP contribution in [0.5, 0.6) is 5.75 Å². The number of carbonyl (C=O) groups excluding carboxylic acids is 1. The Morgan fingerprint density at radius 2 is 1.83 bits per heavy atom. The van der Waals surface area contributed by atoms with Crippen LogP contribution in [0.2, 0.25) is 0 Å². The average Bonchev–Trinajstić information content (AvgIpc) is 2.79. The van der Waals surface area contributed by atoms with Crippen LogP contribution >= 0.6 is 0 Å². The van der Waals surface area contributed by atoms with Crippen LogP contribution in [0, 0.1) is 0 Å². The summed E-state index contributed by atoms with van der Waals surface area (Å²) in [7, 11) is 2.74. The highest BCUT2D eigenvalue weighted by molar-refractivity contribution is 5.98. The molecule has 0 saturated heterocycles. The van der Waals surface area contributed by atoms with Gasteiger partial charge in [-0.05, 0) is 31.5 Å². The second-order valence-corrected chi connectivity index (χ2v) is 6.32. The summed E-state index contributed by atoms with van der Waals surface area (Å²) >= 11 is 0. The third-order valence-corrected chi connectivity index (χ3v) is 4.12. The Balaban J connectivity index is 1.90. The fraction of sp³-hybridized carbons (Fsp3) is 0.304. The number of ether oxygens (including phenoxy) is 4. The molecule has 0 amide bonds. The molecular weight excluding hydrogens is 386 g/mol. The van der Waals surface area contributed by atoms with Gasteiger partial charge in [-0.1, -0.05) is 47.6 Å². The molecule has 0 spiro atoms. The Kier molecular flexibility index (Phi) is 9.40. The first kappa shape index (κ1) is 23.0. The molecule has 0 aliphatic rings. The molecule has 2 aromatic carbocycles. The first-order chi connectivity index (χ1) is 14.5. The molecule has 0 saturated carbocycles. The first-order valence-electron chi connectivity index (χ1n) is 9.42. The molecule has 1 atom stereocenters. The molecule has 0 radical (unpaired) electrons. The van der Waals surface area contributed by atoms with Crippen LogP contribution in [0.4, 0.5) is 0 Å². The van der Waals surface area contributed by atoms with Gasteiger partial charge in [0.25, 0.3) is 0 Å². The number of oxime groups is 1. The Labute approximate surface area is 176 Å². The summed E-state index contributed by atoms with van der Waals surface area (Å²) in [5.41, 5.74) is 2.56. The van der Waals surface area contributed by atoms with Crippen LogP contribution in [0.25, 0.3) is 0 Å². The SMILES string of the molecule is COC(=O)/C=C(/OC)C(C)O/N=C(\C)c1cccc(OCOCc2ccccc2)c1. The third kappa shape index (κ3) is 7.60. The van der Waals surface area contributed by atoms with Gasteiger partial charge in [0.1, 0.15) is 11.5 Å². The van der Waals surface area contributed by atoms with Gasteiger partial charge >= 0.3 is 5.97 Å². The molecule has 0 bridgehead atoms. The lowest BCUT2D eigenvalue weighted by Gasteiger charge is -2.13. The van der Waals surface area contributed by atoms with Crippen molar-refractivity contribution in [1.29, 1.82) is 0 Å². The van der Waals surface area contributed by atoms with Gasteiger partial charge in [0, 0.05) is 5.56 Å². The van der Waals surface area contributed by atoms with Crippen LogP contribution in [-0.2, 0) is 30.4 Å². The molecule has 2 aromatic rings. The number of hydrogen-bond acceptors (Lipinski definition) is 7. The summed E-state index contributed by atoms with van der Waals surface area (Å²) < 4.78 is 21.0. The number of rotatable bonds is 11. The highest BCUT2D eigenvalue weighted by Gasteiger charge is 2.13. The highest BCUT2D eigenvalue weighted by atomic mass is 16.7. The van der Waals surface area contributed by atoms with Gasteiger partial charge in [0.2, 0.25) is 0 Å².